The van der Waals surface area contributed by atoms with Gasteiger partial charge in [0.2, 0.25) is 0 Å². The highest BCUT2D eigenvalue weighted by Crippen LogP contribution is 2.20. The number of benzene rings is 2. The second kappa shape index (κ2) is 8.73. The Labute approximate surface area is 146 Å². The Kier molecular flexibility index (Phi) is 6.39. The van der Waals surface area contributed by atoms with Gasteiger partial charge in [-0.25, -0.2) is 4.79 Å². The molecule has 0 aliphatic rings. The largest absolute Gasteiger partial charge is 0.497 e. The number of amides is 1. The molecule has 0 unspecified atom stereocenters. The molecule has 2 aromatic rings. The third kappa shape index (κ3) is 5.24. The molecular weight excluding hydrogens is 322 g/mol. The zero-order valence-electron chi connectivity index (χ0n) is 14.4. The fourth-order valence-electron chi connectivity index (χ4n) is 2.08. The second-order valence-corrected chi connectivity index (χ2v) is 5.23. The summed E-state index contributed by atoms with van der Waals surface area (Å²) in [5, 5.41) is 2.74. The molecule has 0 bridgehead atoms. The van der Waals surface area contributed by atoms with Crippen LogP contribution in [0.4, 0.5) is 5.69 Å². The van der Waals surface area contributed by atoms with Gasteiger partial charge in [-0.2, -0.15) is 0 Å². The summed E-state index contributed by atoms with van der Waals surface area (Å²) in [5.74, 6) is 0.501. The number of ether oxygens (including phenoxy) is 3. The Morgan fingerprint density at radius 3 is 2.40 bits per heavy atom. The molecule has 0 spiro atoms. The summed E-state index contributed by atoms with van der Waals surface area (Å²) < 4.78 is 15.7. The molecule has 0 saturated heterocycles. The van der Waals surface area contributed by atoms with Crippen LogP contribution in [0.5, 0.6) is 11.5 Å². The SMILES string of the molecule is CCOC(=O)c1ccc(NC(=O)[C@H](C)Oc2cccc(OC)c2)cc1. The summed E-state index contributed by atoms with van der Waals surface area (Å²) in [4.78, 5) is 23.8. The Balaban J connectivity index is 1.95. The first-order chi connectivity index (χ1) is 12.0. The van der Waals surface area contributed by atoms with Crippen LogP contribution in [-0.2, 0) is 9.53 Å². The molecule has 25 heavy (non-hydrogen) atoms. The average molecular weight is 343 g/mol. The van der Waals surface area contributed by atoms with E-state index < -0.39 is 12.1 Å². The maximum Gasteiger partial charge on any atom is 0.338 e. The molecule has 0 saturated carbocycles. The van der Waals surface area contributed by atoms with E-state index in [1.807, 2.05) is 0 Å². The van der Waals surface area contributed by atoms with Gasteiger partial charge in [-0.15, -0.1) is 0 Å². The molecule has 0 heterocycles. The zero-order valence-corrected chi connectivity index (χ0v) is 14.4. The molecule has 1 atom stereocenters. The summed E-state index contributed by atoms with van der Waals surface area (Å²) in [6.45, 7) is 3.72. The first-order valence-electron chi connectivity index (χ1n) is 7.92. The number of hydrogen-bond donors (Lipinski definition) is 1. The molecule has 2 rings (SSSR count). The summed E-state index contributed by atoms with van der Waals surface area (Å²) >= 11 is 0. The van der Waals surface area contributed by atoms with Gasteiger partial charge in [0.25, 0.3) is 5.91 Å². The van der Waals surface area contributed by atoms with Crippen molar-refractivity contribution in [1.29, 1.82) is 0 Å². The molecule has 2 aromatic carbocycles. The van der Waals surface area contributed by atoms with Crippen molar-refractivity contribution in [3.05, 3.63) is 54.1 Å². The average Bonchev–Trinajstić information content (AvgIpc) is 2.62. The van der Waals surface area contributed by atoms with Crippen LogP contribution in [0.2, 0.25) is 0 Å². The van der Waals surface area contributed by atoms with E-state index in [4.69, 9.17) is 14.2 Å². The van der Waals surface area contributed by atoms with Gasteiger partial charge >= 0.3 is 5.97 Å². The first kappa shape index (κ1) is 18.3. The van der Waals surface area contributed by atoms with Gasteiger partial charge in [0.1, 0.15) is 11.5 Å². The van der Waals surface area contributed by atoms with Crippen LogP contribution in [0.1, 0.15) is 24.2 Å². The number of esters is 1. The van der Waals surface area contributed by atoms with Crippen molar-refractivity contribution in [2.75, 3.05) is 19.0 Å². The van der Waals surface area contributed by atoms with Crippen molar-refractivity contribution < 1.29 is 23.8 Å². The number of rotatable bonds is 7. The van der Waals surface area contributed by atoms with Crippen molar-refractivity contribution in [1.82, 2.24) is 0 Å². The van der Waals surface area contributed by atoms with Crippen LogP contribution < -0.4 is 14.8 Å². The van der Waals surface area contributed by atoms with Crippen molar-refractivity contribution in [3.63, 3.8) is 0 Å². The standard InChI is InChI=1S/C19H21NO5/c1-4-24-19(22)14-8-10-15(11-9-14)20-18(21)13(2)25-17-7-5-6-16(12-17)23-3/h5-13H,4H2,1-3H3,(H,20,21)/t13-/m0/s1. The molecule has 1 N–H and O–H groups in total. The smallest absolute Gasteiger partial charge is 0.338 e. The van der Waals surface area contributed by atoms with Crippen molar-refractivity contribution >= 4 is 17.6 Å². The van der Waals surface area contributed by atoms with E-state index in [0.29, 0.717) is 29.4 Å². The molecule has 0 fully saturated rings. The summed E-state index contributed by atoms with van der Waals surface area (Å²) in [7, 11) is 1.56. The third-order valence-electron chi connectivity index (χ3n) is 3.39. The Morgan fingerprint density at radius 2 is 1.76 bits per heavy atom. The van der Waals surface area contributed by atoms with Crippen molar-refractivity contribution in [3.8, 4) is 11.5 Å². The summed E-state index contributed by atoms with van der Waals surface area (Å²) in [5.41, 5.74) is 1.000. The van der Waals surface area contributed by atoms with E-state index in [2.05, 4.69) is 5.32 Å². The molecular formula is C19H21NO5. The summed E-state index contributed by atoms with van der Waals surface area (Å²) in [6, 6.07) is 13.5. The fraction of sp³-hybridized carbons (Fsp3) is 0.263. The monoisotopic (exact) mass is 343 g/mol. The maximum atomic E-state index is 12.2. The molecule has 1 amide bonds. The molecule has 6 heteroatoms. The van der Waals surface area contributed by atoms with Gasteiger partial charge in [0.15, 0.2) is 6.10 Å². The molecule has 132 valence electrons. The molecule has 0 aliphatic heterocycles. The number of methoxy groups -OCH3 is 1. The summed E-state index contributed by atoms with van der Waals surface area (Å²) in [6.07, 6.45) is -0.697. The minimum absolute atomic E-state index is 0.299. The first-order valence-corrected chi connectivity index (χ1v) is 7.92. The predicted molar refractivity (Wildman–Crippen MR) is 94.1 cm³/mol. The predicted octanol–water partition coefficient (Wildman–Crippen LogP) is 3.28. The van der Waals surface area contributed by atoms with Crippen LogP contribution in [-0.4, -0.2) is 31.7 Å². The van der Waals surface area contributed by atoms with E-state index in [1.165, 1.54) is 0 Å². The highest BCUT2D eigenvalue weighted by molar-refractivity contribution is 5.95. The van der Waals surface area contributed by atoms with Gasteiger partial charge in [0.05, 0.1) is 19.3 Å². The molecule has 0 aromatic heterocycles. The maximum absolute atomic E-state index is 12.2. The van der Waals surface area contributed by atoms with Gasteiger partial charge in [0, 0.05) is 11.8 Å². The van der Waals surface area contributed by atoms with Crippen molar-refractivity contribution in [2.24, 2.45) is 0 Å². The van der Waals surface area contributed by atoms with Gasteiger partial charge in [-0.05, 0) is 50.2 Å². The normalized spacial score (nSPS) is 11.3. The number of anilines is 1. The minimum atomic E-state index is -0.697. The lowest BCUT2D eigenvalue weighted by Crippen LogP contribution is -2.30. The Bertz CT molecular complexity index is 727. The van der Waals surface area contributed by atoms with Crippen LogP contribution in [0, 0.1) is 0 Å². The van der Waals surface area contributed by atoms with E-state index in [-0.39, 0.29) is 5.91 Å². The molecule has 0 aliphatic carbocycles. The van der Waals surface area contributed by atoms with Gasteiger partial charge in [-0.3, -0.25) is 4.79 Å². The molecule has 6 nitrogen and oxygen atoms in total. The van der Waals surface area contributed by atoms with E-state index >= 15 is 0 Å². The van der Waals surface area contributed by atoms with E-state index in [9.17, 15) is 9.59 Å². The van der Waals surface area contributed by atoms with Crippen LogP contribution in [0.15, 0.2) is 48.5 Å². The van der Waals surface area contributed by atoms with Gasteiger partial charge in [-0.1, -0.05) is 6.07 Å². The Hall–Kier alpha value is -3.02. The zero-order chi connectivity index (χ0) is 18.2. The lowest BCUT2D eigenvalue weighted by atomic mass is 10.2. The van der Waals surface area contributed by atoms with Crippen LogP contribution >= 0.6 is 0 Å². The molecule has 0 radical (unpaired) electrons. The topological polar surface area (TPSA) is 73.9 Å². The van der Waals surface area contributed by atoms with E-state index in [0.717, 1.165) is 0 Å². The number of carbonyl (C=O) groups excluding carboxylic acids is 2. The number of hydrogen-bond acceptors (Lipinski definition) is 5. The highest BCUT2D eigenvalue weighted by Gasteiger charge is 2.15. The Morgan fingerprint density at radius 1 is 1.08 bits per heavy atom. The lowest BCUT2D eigenvalue weighted by molar-refractivity contribution is -0.122. The lowest BCUT2D eigenvalue weighted by Gasteiger charge is -2.15. The second-order valence-electron chi connectivity index (χ2n) is 5.23. The van der Waals surface area contributed by atoms with Crippen LogP contribution in [0.25, 0.3) is 0 Å². The number of nitrogens with one attached hydrogen (secondary N) is 1. The van der Waals surface area contributed by atoms with Crippen LogP contribution in [0.3, 0.4) is 0 Å². The number of carbonyl (C=O) groups is 2. The van der Waals surface area contributed by atoms with Gasteiger partial charge < -0.3 is 19.5 Å². The van der Waals surface area contributed by atoms with Crippen molar-refractivity contribution in [2.45, 2.75) is 20.0 Å². The third-order valence-corrected chi connectivity index (χ3v) is 3.39. The minimum Gasteiger partial charge on any atom is -0.497 e. The quantitative estimate of drug-likeness (QED) is 0.781. The highest BCUT2D eigenvalue weighted by atomic mass is 16.5. The van der Waals surface area contributed by atoms with E-state index in [1.54, 1.807) is 69.5 Å². The fourth-order valence-corrected chi connectivity index (χ4v) is 2.08.